The molecule has 19 heavy (non-hydrogen) atoms. The summed E-state index contributed by atoms with van der Waals surface area (Å²) in [6, 6.07) is 2.62. The van der Waals surface area contributed by atoms with Crippen molar-refractivity contribution in [2.45, 2.75) is 55.5 Å². The molecule has 0 saturated heterocycles. The van der Waals surface area contributed by atoms with Crippen LogP contribution in [0.25, 0.3) is 0 Å². The molecule has 2 aromatic heterocycles. The normalized spacial score (nSPS) is 19.0. The highest BCUT2D eigenvalue weighted by Gasteiger charge is 2.36. The first kappa shape index (κ1) is 11.5. The van der Waals surface area contributed by atoms with Gasteiger partial charge in [0, 0.05) is 23.8 Å². The Morgan fingerprint density at radius 3 is 2.79 bits per heavy atom. The van der Waals surface area contributed by atoms with E-state index in [1.165, 1.54) is 31.5 Å². The summed E-state index contributed by atoms with van der Waals surface area (Å²) in [6.45, 7) is 1.92. The van der Waals surface area contributed by atoms with Gasteiger partial charge in [0.2, 0.25) is 0 Å². The molecule has 0 aliphatic heterocycles. The molecule has 5 nitrogen and oxygen atoms in total. The van der Waals surface area contributed by atoms with Gasteiger partial charge in [-0.15, -0.1) is 10.2 Å². The molecule has 0 atom stereocenters. The van der Waals surface area contributed by atoms with E-state index in [0.717, 1.165) is 22.4 Å². The molecule has 2 aliphatic carbocycles. The van der Waals surface area contributed by atoms with Crippen LogP contribution in [0.3, 0.4) is 0 Å². The maximum atomic E-state index is 5.09. The number of nitrogens with zero attached hydrogens (tertiary/aromatic N) is 4. The Labute approximate surface area is 115 Å². The fourth-order valence-corrected chi connectivity index (χ4v) is 3.20. The van der Waals surface area contributed by atoms with Crippen LogP contribution >= 0.6 is 11.8 Å². The molecule has 0 radical (unpaired) electrons. The number of aryl methyl sites for hydroxylation is 1. The lowest BCUT2D eigenvalue weighted by Gasteiger charge is -2.07. The zero-order chi connectivity index (χ0) is 12.8. The number of hydrogen-bond acceptors (Lipinski definition) is 5. The first-order valence-corrected chi connectivity index (χ1v) is 7.79. The second-order valence-electron chi connectivity index (χ2n) is 5.43. The highest BCUT2D eigenvalue weighted by molar-refractivity contribution is 7.98. The third kappa shape index (κ3) is 2.29. The van der Waals surface area contributed by atoms with Gasteiger partial charge in [-0.25, -0.2) is 0 Å². The maximum Gasteiger partial charge on any atom is 0.191 e. The van der Waals surface area contributed by atoms with Crippen molar-refractivity contribution in [2.24, 2.45) is 0 Å². The Kier molecular flexibility index (Phi) is 2.65. The Hall–Kier alpha value is -1.30. The van der Waals surface area contributed by atoms with Crippen LogP contribution in [0.4, 0.5) is 0 Å². The van der Waals surface area contributed by atoms with Crippen molar-refractivity contribution in [3.05, 3.63) is 23.3 Å². The monoisotopic (exact) mass is 276 g/mol. The summed E-state index contributed by atoms with van der Waals surface area (Å²) < 4.78 is 7.46. The number of aromatic nitrogens is 4. The molecule has 6 heteroatoms. The lowest BCUT2D eigenvalue weighted by molar-refractivity contribution is 0.393. The molecule has 0 amide bonds. The minimum Gasteiger partial charge on any atom is -0.361 e. The first-order chi connectivity index (χ1) is 9.31. The van der Waals surface area contributed by atoms with E-state index in [2.05, 4.69) is 19.9 Å². The van der Waals surface area contributed by atoms with Crippen molar-refractivity contribution in [3.63, 3.8) is 0 Å². The summed E-state index contributed by atoms with van der Waals surface area (Å²) in [7, 11) is 0. The van der Waals surface area contributed by atoms with Crippen molar-refractivity contribution in [3.8, 4) is 0 Å². The molecule has 0 bridgehead atoms. The molecular formula is C13H16N4OS. The summed E-state index contributed by atoms with van der Waals surface area (Å²) in [6.07, 6.45) is 5.10. The molecule has 4 rings (SSSR count). The topological polar surface area (TPSA) is 56.7 Å². The number of thioether (sulfide) groups is 1. The average Bonchev–Trinajstić information content (AvgIpc) is 3.33. The van der Waals surface area contributed by atoms with Gasteiger partial charge >= 0.3 is 0 Å². The number of rotatable bonds is 5. The van der Waals surface area contributed by atoms with E-state index in [-0.39, 0.29) is 0 Å². The van der Waals surface area contributed by atoms with Gasteiger partial charge in [-0.1, -0.05) is 16.9 Å². The SMILES string of the molecule is Cc1cc(CSc2nnc(C3CC3)n2C2CC2)no1. The van der Waals surface area contributed by atoms with Crippen molar-refractivity contribution >= 4 is 11.8 Å². The van der Waals surface area contributed by atoms with E-state index < -0.39 is 0 Å². The smallest absolute Gasteiger partial charge is 0.191 e. The molecular weight excluding hydrogens is 260 g/mol. The van der Waals surface area contributed by atoms with E-state index in [9.17, 15) is 0 Å². The second-order valence-corrected chi connectivity index (χ2v) is 6.38. The standard InChI is InChI=1S/C13H16N4OS/c1-8-6-10(16-18-8)7-19-13-15-14-12(9-2-3-9)17(13)11-4-5-11/h6,9,11H,2-5,7H2,1H3. The van der Waals surface area contributed by atoms with Gasteiger partial charge in [0.15, 0.2) is 5.16 Å². The lowest BCUT2D eigenvalue weighted by Crippen LogP contribution is -2.01. The minimum absolute atomic E-state index is 0.646. The van der Waals surface area contributed by atoms with Crippen LogP contribution in [-0.2, 0) is 5.75 Å². The van der Waals surface area contributed by atoms with Crippen molar-refractivity contribution in [2.75, 3.05) is 0 Å². The van der Waals surface area contributed by atoms with Gasteiger partial charge in [-0.2, -0.15) is 0 Å². The highest BCUT2D eigenvalue weighted by Crippen LogP contribution is 2.46. The molecule has 0 unspecified atom stereocenters. The van der Waals surface area contributed by atoms with Gasteiger partial charge in [-0.3, -0.25) is 0 Å². The van der Waals surface area contributed by atoms with Crippen LogP contribution in [0.15, 0.2) is 15.7 Å². The van der Waals surface area contributed by atoms with Gasteiger partial charge in [0.05, 0.1) is 5.69 Å². The molecule has 2 heterocycles. The average molecular weight is 276 g/mol. The zero-order valence-electron chi connectivity index (χ0n) is 10.9. The van der Waals surface area contributed by atoms with E-state index in [4.69, 9.17) is 4.52 Å². The predicted octanol–water partition coefficient (Wildman–Crippen LogP) is 3.08. The Bertz CT molecular complexity index is 598. The number of hydrogen-bond donors (Lipinski definition) is 0. The van der Waals surface area contributed by atoms with Crippen LogP contribution in [0, 0.1) is 6.92 Å². The van der Waals surface area contributed by atoms with Crippen molar-refractivity contribution in [1.29, 1.82) is 0 Å². The summed E-state index contributed by atoms with van der Waals surface area (Å²) in [5.41, 5.74) is 0.973. The Morgan fingerprint density at radius 1 is 1.32 bits per heavy atom. The van der Waals surface area contributed by atoms with E-state index in [1.807, 2.05) is 13.0 Å². The minimum atomic E-state index is 0.646. The van der Waals surface area contributed by atoms with Crippen molar-refractivity contribution in [1.82, 2.24) is 19.9 Å². The first-order valence-electron chi connectivity index (χ1n) is 6.81. The van der Waals surface area contributed by atoms with E-state index >= 15 is 0 Å². The summed E-state index contributed by atoms with van der Waals surface area (Å²) in [5.74, 6) is 3.53. The zero-order valence-corrected chi connectivity index (χ0v) is 11.7. The van der Waals surface area contributed by atoms with Crippen LogP contribution < -0.4 is 0 Å². The summed E-state index contributed by atoms with van der Waals surface area (Å²) in [5, 5.41) is 13.9. The van der Waals surface area contributed by atoms with Gasteiger partial charge < -0.3 is 9.09 Å². The predicted molar refractivity (Wildman–Crippen MR) is 71.1 cm³/mol. The molecule has 0 N–H and O–H groups in total. The van der Waals surface area contributed by atoms with Crippen LogP contribution in [-0.4, -0.2) is 19.9 Å². The van der Waals surface area contributed by atoms with Crippen LogP contribution in [0.2, 0.25) is 0 Å². The lowest BCUT2D eigenvalue weighted by atomic mass is 10.4. The van der Waals surface area contributed by atoms with Gasteiger partial charge in [0.1, 0.15) is 11.6 Å². The molecule has 2 fully saturated rings. The third-order valence-electron chi connectivity index (χ3n) is 3.57. The Morgan fingerprint density at radius 2 is 2.16 bits per heavy atom. The van der Waals surface area contributed by atoms with E-state index in [0.29, 0.717) is 12.0 Å². The molecule has 2 aliphatic rings. The summed E-state index contributed by atoms with van der Waals surface area (Å²) in [4.78, 5) is 0. The van der Waals surface area contributed by atoms with Crippen LogP contribution in [0.5, 0.6) is 0 Å². The molecule has 100 valence electrons. The van der Waals surface area contributed by atoms with Crippen molar-refractivity contribution < 1.29 is 4.52 Å². The molecule has 2 saturated carbocycles. The van der Waals surface area contributed by atoms with Crippen LogP contribution in [0.1, 0.15) is 54.9 Å². The van der Waals surface area contributed by atoms with Gasteiger partial charge in [-0.05, 0) is 32.6 Å². The second kappa shape index (κ2) is 4.37. The molecule has 0 aromatic carbocycles. The third-order valence-corrected chi connectivity index (χ3v) is 4.55. The maximum absolute atomic E-state index is 5.09. The summed E-state index contributed by atoms with van der Waals surface area (Å²) >= 11 is 1.71. The fraction of sp³-hybridized carbons (Fsp3) is 0.615. The van der Waals surface area contributed by atoms with E-state index in [1.54, 1.807) is 11.8 Å². The quantitative estimate of drug-likeness (QED) is 0.785. The molecule has 2 aromatic rings. The fourth-order valence-electron chi connectivity index (χ4n) is 2.31. The molecule has 0 spiro atoms. The Balaban J connectivity index is 1.53. The van der Waals surface area contributed by atoms with Gasteiger partial charge in [0.25, 0.3) is 0 Å². The highest BCUT2D eigenvalue weighted by atomic mass is 32.2. The largest absolute Gasteiger partial charge is 0.361 e.